The molecule has 0 aliphatic carbocycles. The SMILES string of the molecule is COc1cc(Br)c(CN2CCCCC2CN)cc1OC. The molecule has 112 valence electrons. The van der Waals surface area contributed by atoms with Crippen LogP contribution in [0.4, 0.5) is 0 Å². The lowest BCUT2D eigenvalue weighted by atomic mass is 10.0. The van der Waals surface area contributed by atoms with Crippen LogP contribution < -0.4 is 15.2 Å². The minimum Gasteiger partial charge on any atom is -0.493 e. The van der Waals surface area contributed by atoms with Gasteiger partial charge in [-0.2, -0.15) is 0 Å². The fourth-order valence-corrected chi connectivity index (χ4v) is 3.22. The van der Waals surface area contributed by atoms with Crippen LogP contribution in [0, 0.1) is 0 Å². The molecule has 1 unspecified atom stereocenters. The Morgan fingerprint density at radius 3 is 2.60 bits per heavy atom. The maximum Gasteiger partial charge on any atom is 0.161 e. The average Bonchev–Trinajstić information content (AvgIpc) is 2.49. The van der Waals surface area contributed by atoms with Crippen molar-refractivity contribution in [2.24, 2.45) is 5.73 Å². The lowest BCUT2D eigenvalue weighted by Gasteiger charge is -2.35. The highest BCUT2D eigenvalue weighted by Crippen LogP contribution is 2.34. The first-order valence-electron chi connectivity index (χ1n) is 7.04. The quantitative estimate of drug-likeness (QED) is 0.893. The van der Waals surface area contributed by atoms with E-state index in [0.29, 0.717) is 6.04 Å². The molecule has 0 aromatic heterocycles. The number of benzene rings is 1. The van der Waals surface area contributed by atoms with Crippen molar-refractivity contribution in [1.29, 1.82) is 0 Å². The van der Waals surface area contributed by atoms with Gasteiger partial charge in [-0.1, -0.05) is 22.4 Å². The van der Waals surface area contributed by atoms with Gasteiger partial charge in [0.05, 0.1) is 14.2 Å². The number of nitrogens with two attached hydrogens (primary N) is 1. The number of piperidine rings is 1. The van der Waals surface area contributed by atoms with Crippen molar-refractivity contribution in [3.05, 3.63) is 22.2 Å². The van der Waals surface area contributed by atoms with Crippen molar-refractivity contribution >= 4 is 15.9 Å². The van der Waals surface area contributed by atoms with E-state index >= 15 is 0 Å². The van der Waals surface area contributed by atoms with E-state index in [1.54, 1.807) is 14.2 Å². The Morgan fingerprint density at radius 1 is 1.25 bits per heavy atom. The summed E-state index contributed by atoms with van der Waals surface area (Å²) in [7, 11) is 3.32. The molecule has 1 fully saturated rings. The van der Waals surface area contributed by atoms with Gasteiger partial charge in [-0.25, -0.2) is 0 Å². The standard InChI is InChI=1S/C15H23BrN2O2/c1-19-14-7-11(13(16)8-15(14)20-2)10-18-6-4-3-5-12(18)9-17/h7-8,12H,3-6,9-10,17H2,1-2H3. The minimum absolute atomic E-state index is 0.490. The molecule has 1 aromatic carbocycles. The molecule has 0 spiro atoms. The summed E-state index contributed by atoms with van der Waals surface area (Å²) in [5.74, 6) is 1.52. The topological polar surface area (TPSA) is 47.7 Å². The fourth-order valence-electron chi connectivity index (χ4n) is 2.77. The van der Waals surface area contributed by atoms with Gasteiger partial charge in [-0.05, 0) is 37.1 Å². The molecule has 1 heterocycles. The van der Waals surface area contributed by atoms with E-state index in [1.807, 2.05) is 12.1 Å². The Morgan fingerprint density at radius 2 is 1.95 bits per heavy atom. The molecule has 1 aliphatic rings. The van der Waals surface area contributed by atoms with Gasteiger partial charge in [-0.15, -0.1) is 0 Å². The summed E-state index contributed by atoms with van der Waals surface area (Å²) >= 11 is 3.63. The predicted octanol–water partition coefficient (Wildman–Crippen LogP) is 2.78. The number of rotatable bonds is 5. The van der Waals surface area contributed by atoms with Gasteiger partial charge in [0, 0.05) is 23.6 Å². The number of ether oxygens (including phenoxy) is 2. The normalized spacial score (nSPS) is 19.9. The van der Waals surface area contributed by atoms with E-state index in [2.05, 4.69) is 20.8 Å². The first kappa shape index (κ1) is 15.6. The highest BCUT2D eigenvalue weighted by Gasteiger charge is 2.22. The van der Waals surface area contributed by atoms with Gasteiger partial charge in [0.2, 0.25) is 0 Å². The highest BCUT2D eigenvalue weighted by atomic mass is 79.9. The van der Waals surface area contributed by atoms with Crippen molar-refractivity contribution in [2.75, 3.05) is 27.3 Å². The zero-order valence-corrected chi connectivity index (χ0v) is 13.8. The number of hydrogen-bond donors (Lipinski definition) is 1. The molecule has 5 heteroatoms. The second-order valence-electron chi connectivity index (χ2n) is 5.15. The van der Waals surface area contributed by atoms with E-state index in [1.165, 1.54) is 24.8 Å². The molecule has 1 saturated heterocycles. The van der Waals surface area contributed by atoms with E-state index in [-0.39, 0.29) is 0 Å². The third-order valence-electron chi connectivity index (χ3n) is 3.95. The molecule has 2 rings (SSSR count). The van der Waals surface area contributed by atoms with Crippen LogP contribution in [0.3, 0.4) is 0 Å². The van der Waals surface area contributed by atoms with Gasteiger partial charge < -0.3 is 15.2 Å². The number of nitrogens with zero attached hydrogens (tertiary/aromatic N) is 1. The zero-order chi connectivity index (χ0) is 14.5. The molecule has 20 heavy (non-hydrogen) atoms. The summed E-state index contributed by atoms with van der Waals surface area (Å²) in [6.45, 7) is 2.73. The second-order valence-corrected chi connectivity index (χ2v) is 6.01. The number of hydrogen-bond acceptors (Lipinski definition) is 4. The molecule has 0 amide bonds. The summed E-state index contributed by atoms with van der Waals surface area (Å²) in [5, 5.41) is 0. The Balaban J connectivity index is 2.19. The smallest absolute Gasteiger partial charge is 0.161 e. The largest absolute Gasteiger partial charge is 0.493 e. The third kappa shape index (κ3) is 3.45. The van der Waals surface area contributed by atoms with Gasteiger partial charge in [0.25, 0.3) is 0 Å². The van der Waals surface area contributed by atoms with Crippen molar-refractivity contribution < 1.29 is 9.47 Å². The molecule has 0 bridgehead atoms. The van der Waals surface area contributed by atoms with Crippen LogP contribution in [-0.2, 0) is 6.54 Å². The lowest BCUT2D eigenvalue weighted by Crippen LogP contribution is -2.43. The van der Waals surface area contributed by atoms with Crippen LogP contribution in [0.25, 0.3) is 0 Å². The van der Waals surface area contributed by atoms with Crippen molar-refractivity contribution in [2.45, 2.75) is 31.8 Å². The summed E-state index contributed by atoms with van der Waals surface area (Å²) in [6.07, 6.45) is 3.73. The van der Waals surface area contributed by atoms with Gasteiger partial charge in [0.15, 0.2) is 11.5 Å². The average molecular weight is 343 g/mol. The first-order chi connectivity index (χ1) is 9.69. The van der Waals surface area contributed by atoms with Crippen LogP contribution in [-0.4, -0.2) is 38.3 Å². The predicted molar refractivity (Wildman–Crippen MR) is 84.3 cm³/mol. The van der Waals surface area contributed by atoms with Gasteiger partial charge >= 0.3 is 0 Å². The Labute approximate surface area is 129 Å². The van der Waals surface area contributed by atoms with Crippen molar-refractivity contribution in [1.82, 2.24) is 4.90 Å². The molecule has 0 saturated carbocycles. The van der Waals surface area contributed by atoms with Crippen LogP contribution in [0.15, 0.2) is 16.6 Å². The molecular weight excluding hydrogens is 320 g/mol. The zero-order valence-electron chi connectivity index (χ0n) is 12.2. The lowest BCUT2D eigenvalue weighted by molar-refractivity contribution is 0.144. The monoisotopic (exact) mass is 342 g/mol. The Kier molecular flexibility index (Phi) is 5.69. The summed E-state index contributed by atoms with van der Waals surface area (Å²) < 4.78 is 11.8. The molecule has 1 aliphatic heterocycles. The number of methoxy groups -OCH3 is 2. The van der Waals surface area contributed by atoms with E-state index < -0.39 is 0 Å². The minimum atomic E-state index is 0.490. The summed E-state index contributed by atoms with van der Waals surface area (Å²) in [4.78, 5) is 2.47. The van der Waals surface area contributed by atoms with Crippen LogP contribution in [0.2, 0.25) is 0 Å². The fraction of sp³-hybridized carbons (Fsp3) is 0.600. The number of halogens is 1. The molecule has 4 nitrogen and oxygen atoms in total. The molecule has 1 aromatic rings. The van der Waals surface area contributed by atoms with Gasteiger partial charge in [0.1, 0.15) is 0 Å². The second kappa shape index (κ2) is 7.29. The van der Waals surface area contributed by atoms with E-state index in [9.17, 15) is 0 Å². The van der Waals surface area contributed by atoms with E-state index in [4.69, 9.17) is 15.2 Å². The van der Waals surface area contributed by atoms with Gasteiger partial charge in [-0.3, -0.25) is 4.90 Å². The first-order valence-corrected chi connectivity index (χ1v) is 7.83. The van der Waals surface area contributed by atoms with Crippen LogP contribution in [0.5, 0.6) is 11.5 Å². The highest BCUT2D eigenvalue weighted by molar-refractivity contribution is 9.10. The molecule has 0 radical (unpaired) electrons. The Hall–Kier alpha value is -0.780. The van der Waals surface area contributed by atoms with Crippen LogP contribution in [0.1, 0.15) is 24.8 Å². The van der Waals surface area contributed by atoms with Crippen molar-refractivity contribution in [3.63, 3.8) is 0 Å². The Bertz CT molecular complexity index is 454. The number of likely N-dealkylation sites (tertiary alicyclic amines) is 1. The summed E-state index contributed by atoms with van der Waals surface area (Å²) in [5.41, 5.74) is 7.10. The van der Waals surface area contributed by atoms with E-state index in [0.717, 1.165) is 35.6 Å². The van der Waals surface area contributed by atoms with Crippen LogP contribution >= 0.6 is 15.9 Å². The molecule has 1 atom stereocenters. The molecule has 2 N–H and O–H groups in total. The maximum absolute atomic E-state index is 5.89. The molecular formula is C15H23BrN2O2. The summed E-state index contributed by atoms with van der Waals surface area (Å²) in [6, 6.07) is 4.50. The maximum atomic E-state index is 5.89. The van der Waals surface area contributed by atoms with Crippen molar-refractivity contribution in [3.8, 4) is 11.5 Å². The third-order valence-corrected chi connectivity index (χ3v) is 4.69.